The molecule has 14 heteroatoms. The number of hydrogen-bond donors (Lipinski definition) is 4. The summed E-state index contributed by atoms with van der Waals surface area (Å²) in [4.78, 5) is 47.6. The lowest BCUT2D eigenvalue weighted by Gasteiger charge is -2.19. The van der Waals surface area contributed by atoms with Crippen LogP contribution >= 0.6 is 0 Å². The average Bonchev–Trinajstić information content (AvgIpc) is 3.04. The lowest BCUT2D eigenvalue weighted by molar-refractivity contribution is 0.0512. The minimum absolute atomic E-state index is 0.0556. The zero-order chi connectivity index (χ0) is 36.8. The van der Waals surface area contributed by atoms with Crippen LogP contribution in [0.1, 0.15) is 63.8 Å². The summed E-state index contributed by atoms with van der Waals surface area (Å²) < 4.78 is 31.3. The van der Waals surface area contributed by atoms with Gasteiger partial charge >= 0.3 is 24.4 Å². The molecule has 50 heavy (non-hydrogen) atoms. The average molecular weight is 699 g/mol. The highest BCUT2D eigenvalue weighted by Gasteiger charge is 2.16. The van der Waals surface area contributed by atoms with E-state index in [9.17, 15) is 19.2 Å². The molecule has 0 saturated carbocycles. The van der Waals surface area contributed by atoms with E-state index in [0.717, 1.165) is 22.3 Å². The molecule has 274 valence electrons. The van der Waals surface area contributed by atoms with Gasteiger partial charge in [0.2, 0.25) is 0 Å². The lowest BCUT2D eigenvalue weighted by atomic mass is 10.1. The second kappa shape index (κ2) is 21.9. The summed E-state index contributed by atoms with van der Waals surface area (Å²) in [6.45, 7) is 12.6. The van der Waals surface area contributed by atoms with Crippen molar-refractivity contribution in [2.75, 3.05) is 39.6 Å². The largest absolute Gasteiger partial charge is 0.447 e. The Morgan fingerprint density at radius 2 is 0.840 bits per heavy atom. The van der Waals surface area contributed by atoms with Crippen LogP contribution < -0.4 is 21.3 Å². The van der Waals surface area contributed by atoms with Crippen molar-refractivity contribution in [2.45, 2.75) is 78.9 Å². The Balaban J connectivity index is 1.47. The molecule has 0 spiro atoms. The van der Waals surface area contributed by atoms with Crippen LogP contribution in [0.4, 0.5) is 19.2 Å². The molecular formula is C36H50N4O10. The summed E-state index contributed by atoms with van der Waals surface area (Å²) in [5.74, 6) is 5.57. The molecule has 0 fully saturated rings. The number of carbonyl (C=O) groups excluding carboxylic acids is 4. The SMILES string of the molecule is CC(C)(C)OC(=O)NCc1cccc(CNC(=O)OCCOCC#CCOCCOC(=O)NCc2cccc(CNC(=O)OC(C)(C)C)c2)c1. The molecule has 0 saturated heterocycles. The van der Waals surface area contributed by atoms with Gasteiger partial charge in [-0.2, -0.15) is 0 Å². The molecule has 2 aromatic rings. The number of nitrogens with one attached hydrogen (secondary N) is 4. The number of rotatable bonds is 16. The number of benzene rings is 2. The Bertz CT molecular complexity index is 1340. The minimum atomic E-state index is -0.583. The van der Waals surface area contributed by atoms with Crippen molar-refractivity contribution in [1.82, 2.24) is 21.3 Å². The van der Waals surface area contributed by atoms with Gasteiger partial charge in [0, 0.05) is 26.2 Å². The van der Waals surface area contributed by atoms with Crippen LogP contribution in [-0.4, -0.2) is 75.2 Å². The van der Waals surface area contributed by atoms with Crippen LogP contribution in [0, 0.1) is 11.8 Å². The number of hydrogen-bond acceptors (Lipinski definition) is 10. The van der Waals surface area contributed by atoms with Gasteiger partial charge in [-0.15, -0.1) is 0 Å². The Morgan fingerprint density at radius 3 is 1.16 bits per heavy atom. The van der Waals surface area contributed by atoms with Gasteiger partial charge < -0.3 is 49.7 Å². The third-order valence-electron chi connectivity index (χ3n) is 5.92. The normalized spacial score (nSPS) is 10.9. The minimum Gasteiger partial charge on any atom is -0.447 e. The molecule has 0 unspecified atom stereocenters. The summed E-state index contributed by atoms with van der Waals surface area (Å²) >= 11 is 0. The highest BCUT2D eigenvalue weighted by Crippen LogP contribution is 2.10. The Labute approximate surface area is 294 Å². The molecule has 14 nitrogen and oxygen atoms in total. The van der Waals surface area contributed by atoms with E-state index >= 15 is 0 Å². The maximum atomic E-state index is 12.0. The van der Waals surface area contributed by atoms with E-state index in [1.165, 1.54) is 0 Å². The van der Waals surface area contributed by atoms with Gasteiger partial charge in [0.05, 0.1) is 13.2 Å². The van der Waals surface area contributed by atoms with E-state index in [2.05, 4.69) is 33.1 Å². The predicted molar refractivity (Wildman–Crippen MR) is 185 cm³/mol. The third-order valence-corrected chi connectivity index (χ3v) is 5.92. The number of amides is 4. The second-order valence-electron chi connectivity index (χ2n) is 12.8. The Hall–Kier alpha value is -5.00. The smallest absolute Gasteiger partial charge is 0.407 e. The predicted octanol–water partition coefficient (Wildman–Crippen LogP) is 4.93. The fourth-order valence-electron chi connectivity index (χ4n) is 3.86. The summed E-state index contributed by atoms with van der Waals surface area (Å²) in [7, 11) is 0. The van der Waals surface area contributed by atoms with Gasteiger partial charge in [-0.05, 0) is 63.8 Å². The molecule has 0 bridgehead atoms. The molecule has 4 N–H and O–H groups in total. The van der Waals surface area contributed by atoms with Crippen molar-refractivity contribution < 1.29 is 47.6 Å². The van der Waals surface area contributed by atoms with Crippen molar-refractivity contribution in [3.05, 3.63) is 70.8 Å². The summed E-state index contributed by atoms with van der Waals surface area (Å²) in [6.07, 6.45) is -2.17. The van der Waals surface area contributed by atoms with Crippen LogP contribution in [0.2, 0.25) is 0 Å². The highest BCUT2D eigenvalue weighted by molar-refractivity contribution is 5.68. The van der Waals surface area contributed by atoms with E-state index in [-0.39, 0.29) is 52.7 Å². The molecule has 2 aromatic carbocycles. The van der Waals surface area contributed by atoms with E-state index < -0.39 is 35.6 Å². The van der Waals surface area contributed by atoms with E-state index in [0.29, 0.717) is 13.1 Å². The summed E-state index contributed by atoms with van der Waals surface area (Å²) in [5, 5.41) is 10.7. The maximum Gasteiger partial charge on any atom is 0.407 e. The first-order valence-electron chi connectivity index (χ1n) is 16.2. The fourth-order valence-corrected chi connectivity index (χ4v) is 3.86. The van der Waals surface area contributed by atoms with Gasteiger partial charge in [-0.25, -0.2) is 19.2 Å². The van der Waals surface area contributed by atoms with E-state index in [1.807, 2.05) is 48.5 Å². The van der Waals surface area contributed by atoms with Crippen LogP contribution in [0.5, 0.6) is 0 Å². The topological polar surface area (TPSA) is 172 Å². The first-order valence-corrected chi connectivity index (χ1v) is 16.2. The van der Waals surface area contributed by atoms with Crippen molar-refractivity contribution in [2.24, 2.45) is 0 Å². The second-order valence-corrected chi connectivity index (χ2v) is 12.8. The molecule has 4 amide bonds. The van der Waals surface area contributed by atoms with Crippen LogP contribution in [-0.2, 0) is 54.6 Å². The van der Waals surface area contributed by atoms with Crippen molar-refractivity contribution in [1.29, 1.82) is 0 Å². The molecule has 0 heterocycles. The van der Waals surface area contributed by atoms with Gasteiger partial charge in [0.25, 0.3) is 0 Å². The first kappa shape index (κ1) is 41.2. The van der Waals surface area contributed by atoms with Crippen LogP contribution in [0.25, 0.3) is 0 Å². The van der Waals surface area contributed by atoms with Gasteiger partial charge in [0.1, 0.15) is 37.6 Å². The van der Waals surface area contributed by atoms with E-state index in [4.69, 9.17) is 28.4 Å². The summed E-state index contributed by atoms with van der Waals surface area (Å²) in [5.41, 5.74) is 2.27. The Morgan fingerprint density at radius 1 is 0.520 bits per heavy atom. The summed E-state index contributed by atoms with van der Waals surface area (Å²) in [6, 6.07) is 14.8. The highest BCUT2D eigenvalue weighted by atomic mass is 16.6. The first-order chi connectivity index (χ1) is 23.7. The quantitative estimate of drug-likeness (QED) is 0.107. The molecule has 0 aromatic heterocycles. The number of carbonyl (C=O) groups is 4. The molecule has 0 aliphatic carbocycles. The van der Waals surface area contributed by atoms with Crippen molar-refractivity contribution in [3.8, 4) is 11.8 Å². The van der Waals surface area contributed by atoms with Gasteiger partial charge in [-0.1, -0.05) is 60.4 Å². The molecule has 0 aliphatic rings. The monoisotopic (exact) mass is 698 g/mol. The van der Waals surface area contributed by atoms with Gasteiger partial charge in [0.15, 0.2) is 0 Å². The van der Waals surface area contributed by atoms with Crippen LogP contribution in [0.3, 0.4) is 0 Å². The zero-order valence-electron chi connectivity index (χ0n) is 29.8. The number of ether oxygens (including phenoxy) is 6. The molecule has 2 rings (SSSR count). The standard InChI is InChI=1S/C36H50N4O10/c1-35(2,3)49-33(43)39-25-29-13-9-11-27(21-29)23-37-31(41)47-19-17-45-15-7-8-16-46-18-20-48-32(42)38-24-28-12-10-14-30(22-28)26-40-34(44)50-36(4,5)6/h9-14,21-22H,15-20,23-26H2,1-6H3,(H,37,41)(H,38,42)(H,39,43)(H,40,44). The van der Waals surface area contributed by atoms with Gasteiger partial charge in [-0.3, -0.25) is 0 Å². The lowest BCUT2D eigenvalue weighted by Crippen LogP contribution is -2.32. The fraction of sp³-hybridized carbons (Fsp3) is 0.500. The van der Waals surface area contributed by atoms with Crippen LogP contribution in [0.15, 0.2) is 48.5 Å². The maximum absolute atomic E-state index is 12.0. The zero-order valence-corrected chi connectivity index (χ0v) is 29.8. The van der Waals surface area contributed by atoms with E-state index in [1.54, 1.807) is 41.5 Å². The number of alkyl carbamates (subject to hydrolysis) is 4. The Kier molecular flexibility index (Phi) is 18.0. The molecular weight excluding hydrogens is 648 g/mol. The molecule has 0 aliphatic heterocycles. The molecule has 0 radical (unpaired) electrons. The molecule has 0 atom stereocenters. The third kappa shape index (κ3) is 21.1. The van der Waals surface area contributed by atoms with Crippen molar-refractivity contribution in [3.63, 3.8) is 0 Å². The van der Waals surface area contributed by atoms with Crippen molar-refractivity contribution >= 4 is 24.4 Å².